The Balaban J connectivity index is 2.58. The third-order valence-electron chi connectivity index (χ3n) is 1.66. The molecule has 0 unspecified atom stereocenters. The van der Waals surface area contributed by atoms with Crippen LogP contribution in [0.2, 0.25) is 0 Å². The highest BCUT2D eigenvalue weighted by molar-refractivity contribution is 7.99. The Kier molecular flexibility index (Phi) is 3.89. The van der Waals surface area contributed by atoms with Gasteiger partial charge in [-0.05, 0) is 0 Å². The van der Waals surface area contributed by atoms with E-state index in [4.69, 9.17) is 4.74 Å². The summed E-state index contributed by atoms with van der Waals surface area (Å²) >= 11 is 1.62. The fourth-order valence-electron chi connectivity index (χ4n) is 0.976. The fourth-order valence-corrected chi connectivity index (χ4v) is 1.95. The smallest absolute Gasteiger partial charge is 0.338 e. The SMILES string of the molecule is C=CCOC(=O)C1=C(O)CCSC1. The highest BCUT2D eigenvalue weighted by atomic mass is 32.2. The van der Waals surface area contributed by atoms with Crippen molar-refractivity contribution in [2.24, 2.45) is 0 Å². The second-order valence-electron chi connectivity index (χ2n) is 2.61. The van der Waals surface area contributed by atoms with Crippen LogP contribution in [-0.4, -0.2) is 29.2 Å². The van der Waals surface area contributed by atoms with E-state index in [1.165, 1.54) is 6.08 Å². The van der Waals surface area contributed by atoms with E-state index in [-0.39, 0.29) is 12.4 Å². The van der Waals surface area contributed by atoms with E-state index in [0.29, 0.717) is 17.7 Å². The Hall–Kier alpha value is -0.900. The van der Waals surface area contributed by atoms with Gasteiger partial charge in [0.1, 0.15) is 12.4 Å². The van der Waals surface area contributed by atoms with E-state index in [1.807, 2.05) is 0 Å². The number of hydrogen-bond donors (Lipinski definition) is 1. The van der Waals surface area contributed by atoms with Crippen LogP contribution in [0.3, 0.4) is 0 Å². The summed E-state index contributed by atoms with van der Waals surface area (Å²) in [5.41, 5.74) is 0.401. The lowest BCUT2D eigenvalue weighted by Crippen LogP contribution is -2.15. The largest absolute Gasteiger partial charge is 0.512 e. The highest BCUT2D eigenvalue weighted by Gasteiger charge is 2.19. The number of aliphatic hydroxyl groups excluding tert-OH is 1. The first kappa shape index (κ1) is 10.2. The summed E-state index contributed by atoms with van der Waals surface area (Å²) in [4.78, 5) is 11.3. The van der Waals surface area contributed by atoms with Crippen LogP contribution in [0.5, 0.6) is 0 Å². The minimum Gasteiger partial charge on any atom is -0.512 e. The average Bonchev–Trinajstić information content (AvgIpc) is 2.15. The molecule has 0 aromatic rings. The van der Waals surface area contributed by atoms with E-state index < -0.39 is 5.97 Å². The second-order valence-corrected chi connectivity index (χ2v) is 3.72. The summed E-state index contributed by atoms with van der Waals surface area (Å²) in [5.74, 6) is 1.16. The number of carbonyl (C=O) groups excluding carboxylic acids is 1. The van der Waals surface area contributed by atoms with Gasteiger partial charge in [0.2, 0.25) is 0 Å². The van der Waals surface area contributed by atoms with Gasteiger partial charge in [-0.2, -0.15) is 11.8 Å². The standard InChI is InChI=1S/C9H12O3S/c1-2-4-12-9(11)7-6-13-5-3-8(7)10/h2,10H,1,3-6H2. The van der Waals surface area contributed by atoms with Crippen LogP contribution in [0.25, 0.3) is 0 Å². The monoisotopic (exact) mass is 200 g/mol. The van der Waals surface area contributed by atoms with Gasteiger partial charge in [0, 0.05) is 17.9 Å². The molecule has 1 heterocycles. The molecule has 0 radical (unpaired) electrons. The van der Waals surface area contributed by atoms with E-state index in [1.54, 1.807) is 11.8 Å². The summed E-state index contributed by atoms with van der Waals surface area (Å²) in [5, 5.41) is 9.38. The third-order valence-corrected chi connectivity index (χ3v) is 2.64. The van der Waals surface area contributed by atoms with Gasteiger partial charge in [-0.15, -0.1) is 0 Å². The Morgan fingerprint density at radius 1 is 1.77 bits per heavy atom. The van der Waals surface area contributed by atoms with E-state index in [2.05, 4.69) is 6.58 Å². The molecule has 0 fully saturated rings. The van der Waals surface area contributed by atoms with Crippen molar-refractivity contribution < 1.29 is 14.6 Å². The van der Waals surface area contributed by atoms with Gasteiger partial charge in [-0.3, -0.25) is 0 Å². The van der Waals surface area contributed by atoms with Crippen LogP contribution in [0.1, 0.15) is 6.42 Å². The summed E-state index contributed by atoms with van der Waals surface area (Å²) in [6.45, 7) is 3.63. The van der Waals surface area contributed by atoms with Gasteiger partial charge in [-0.25, -0.2) is 4.79 Å². The summed E-state index contributed by atoms with van der Waals surface area (Å²) in [6.07, 6.45) is 2.06. The minimum atomic E-state index is -0.426. The van der Waals surface area contributed by atoms with Crippen LogP contribution in [-0.2, 0) is 9.53 Å². The molecule has 1 aliphatic heterocycles. The zero-order valence-corrected chi connectivity index (χ0v) is 8.10. The number of ether oxygens (including phenoxy) is 1. The first-order valence-electron chi connectivity index (χ1n) is 4.02. The first-order valence-corrected chi connectivity index (χ1v) is 5.18. The van der Waals surface area contributed by atoms with Crippen LogP contribution in [0.4, 0.5) is 0 Å². The maximum absolute atomic E-state index is 11.3. The Morgan fingerprint density at radius 2 is 2.54 bits per heavy atom. The molecule has 0 bridgehead atoms. The summed E-state index contributed by atoms with van der Waals surface area (Å²) in [6, 6.07) is 0. The molecule has 72 valence electrons. The Morgan fingerprint density at radius 3 is 3.15 bits per heavy atom. The van der Waals surface area contributed by atoms with Crippen molar-refractivity contribution in [3.05, 3.63) is 24.0 Å². The predicted molar refractivity (Wildman–Crippen MR) is 52.8 cm³/mol. The first-order chi connectivity index (χ1) is 6.25. The molecule has 1 N–H and O–H groups in total. The summed E-state index contributed by atoms with van der Waals surface area (Å²) < 4.78 is 4.81. The molecule has 0 aliphatic carbocycles. The highest BCUT2D eigenvalue weighted by Crippen LogP contribution is 2.22. The van der Waals surface area contributed by atoms with Gasteiger partial charge in [0.05, 0.1) is 5.57 Å². The predicted octanol–water partition coefficient (Wildman–Crippen LogP) is 1.66. The van der Waals surface area contributed by atoms with Crippen LogP contribution in [0, 0.1) is 0 Å². The Bertz CT molecular complexity index is 245. The van der Waals surface area contributed by atoms with E-state index in [9.17, 15) is 9.90 Å². The van der Waals surface area contributed by atoms with Gasteiger partial charge in [0.25, 0.3) is 0 Å². The molecule has 4 heteroatoms. The van der Waals surface area contributed by atoms with Crippen LogP contribution < -0.4 is 0 Å². The van der Waals surface area contributed by atoms with Crippen molar-refractivity contribution in [3.8, 4) is 0 Å². The fraction of sp³-hybridized carbons (Fsp3) is 0.444. The van der Waals surface area contributed by atoms with E-state index in [0.717, 1.165) is 5.75 Å². The maximum atomic E-state index is 11.3. The molecule has 0 aromatic heterocycles. The lowest BCUT2D eigenvalue weighted by Gasteiger charge is -2.14. The third kappa shape index (κ3) is 2.81. The minimum absolute atomic E-state index is 0.174. The second kappa shape index (κ2) is 4.97. The molecule has 0 spiro atoms. The van der Waals surface area contributed by atoms with Crippen molar-refractivity contribution in [3.63, 3.8) is 0 Å². The molecule has 0 saturated heterocycles. The molecule has 3 nitrogen and oxygen atoms in total. The average molecular weight is 200 g/mol. The molecule has 1 rings (SSSR count). The Labute approximate surface area is 81.5 Å². The van der Waals surface area contributed by atoms with Crippen molar-refractivity contribution in [2.45, 2.75) is 6.42 Å². The van der Waals surface area contributed by atoms with Crippen molar-refractivity contribution in [2.75, 3.05) is 18.1 Å². The molecule has 13 heavy (non-hydrogen) atoms. The van der Waals surface area contributed by atoms with Crippen molar-refractivity contribution >= 4 is 17.7 Å². The molecule has 0 saturated carbocycles. The zero-order valence-electron chi connectivity index (χ0n) is 7.28. The van der Waals surface area contributed by atoms with Crippen molar-refractivity contribution in [1.29, 1.82) is 0 Å². The van der Waals surface area contributed by atoms with Crippen molar-refractivity contribution in [1.82, 2.24) is 0 Å². The number of aliphatic hydroxyl groups is 1. The topological polar surface area (TPSA) is 46.5 Å². The number of carbonyl (C=O) groups is 1. The lowest BCUT2D eigenvalue weighted by molar-refractivity contribution is -0.137. The van der Waals surface area contributed by atoms with Crippen LogP contribution in [0.15, 0.2) is 24.0 Å². The quantitative estimate of drug-likeness (QED) is 0.556. The molecule has 0 aromatic carbocycles. The van der Waals surface area contributed by atoms with Gasteiger partial charge in [-0.1, -0.05) is 12.7 Å². The van der Waals surface area contributed by atoms with E-state index >= 15 is 0 Å². The molecular weight excluding hydrogens is 188 g/mol. The molecular formula is C9H12O3S. The normalized spacial score (nSPS) is 16.9. The van der Waals surface area contributed by atoms with Crippen LogP contribution >= 0.6 is 11.8 Å². The molecule has 0 atom stereocenters. The number of allylic oxidation sites excluding steroid dienone is 1. The number of hydrogen-bond acceptors (Lipinski definition) is 4. The van der Waals surface area contributed by atoms with Gasteiger partial charge >= 0.3 is 5.97 Å². The maximum Gasteiger partial charge on any atom is 0.338 e. The number of esters is 1. The van der Waals surface area contributed by atoms with Gasteiger partial charge < -0.3 is 9.84 Å². The zero-order chi connectivity index (χ0) is 9.68. The van der Waals surface area contributed by atoms with Gasteiger partial charge in [0.15, 0.2) is 0 Å². The molecule has 0 amide bonds. The number of thioether (sulfide) groups is 1. The number of rotatable bonds is 3. The lowest BCUT2D eigenvalue weighted by atomic mass is 10.2. The summed E-state index contributed by atoms with van der Waals surface area (Å²) in [7, 11) is 0. The molecule has 1 aliphatic rings.